The molecule has 0 saturated heterocycles. The summed E-state index contributed by atoms with van der Waals surface area (Å²) in [5.41, 5.74) is 1.88. The first-order chi connectivity index (χ1) is 16.4. The fourth-order valence-corrected chi connectivity index (χ4v) is 4.22. The van der Waals surface area contributed by atoms with E-state index in [-0.39, 0.29) is 11.2 Å². The van der Waals surface area contributed by atoms with Crippen LogP contribution in [0.15, 0.2) is 18.3 Å². The molecule has 0 aromatic carbocycles. The summed E-state index contributed by atoms with van der Waals surface area (Å²) >= 11 is 0. The lowest BCUT2D eigenvalue weighted by Gasteiger charge is -2.19. The number of methoxy groups -OCH3 is 1. The molecular weight excluding hydrogens is 443 g/mol. The number of nitriles is 1. The molecule has 2 aliphatic rings. The molecule has 11 nitrogen and oxygen atoms in total. The van der Waals surface area contributed by atoms with Crippen molar-refractivity contribution in [2.24, 2.45) is 0 Å². The van der Waals surface area contributed by atoms with Crippen molar-refractivity contribution in [2.45, 2.75) is 62.9 Å². The minimum Gasteiger partial charge on any atom is -0.443 e. The van der Waals surface area contributed by atoms with E-state index in [2.05, 4.69) is 30.9 Å². The fourth-order valence-electron chi connectivity index (χ4n) is 4.22. The average Bonchev–Trinajstić information content (AvgIpc) is 3.14. The predicted molar refractivity (Wildman–Crippen MR) is 118 cm³/mol. The van der Waals surface area contributed by atoms with Gasteiger partial charge in [0.25, 0.3) is 0 Å². The van der Waals surface area contributed by atoms with Crippen LogP contribution in [-0.2, 0) is 16.1 Å². The molecule has 3 aromatic rings. The normalized spacial score (nSPS) is 22.9. The second-order valence-corrected chi connectivity index (χ2v) is 9.08. The number of nitrogens with one attached hydrogen (secondary N) is 3. The molecule has 0 aliphatic heterocycles. The number of nitrogens with zero attached hydrogens (tertiary/aromatic N) is 5. The van der Waals surface area contributed by atoms with Crippen LogP contribution >= 0.6 is 0 Å². The molecule has 2 fully saturated rings. The van der Waals surface area contributed by atoms with Gasteiger partial charge in [0.05, 0.1) is 18.5 Å². The molecule has 0 bridgehead atoms. The van der Waals surface area contributed by atoms with Gasteiger partial charge in [-0.25, -0.2) is 18.7 Å². The number of hydrogen-bond acceptors (Lipinski definition) is 8. The lowest BCUT2D eigenvalue weighted by atomic mass is 10.0. The van der Waals surface area contributed by atoms with Crippen molar-refractivity contribution >= 4 is 23.2 Å². The van der Waals surface area contributed by atoms with Crippen LogP contribution in [0, 0.1) is 11.3 Å². The van der Waals surface area contributed by atoms with E-state index in [1.807, 2.05) is 13.0 Å². The van der Waals surface area contributed by atoms with Gasteiger partial charge < -0.3 is 20.1 Å². The fraction of sp³-hybridized carbons (Fsp3) is 0.500. The van der Waals surface area contributed by atoms with Gasteiger partial charge in [0.1, 0.15) is 23.9 Å². The number of aromatic nitrogens is 5. The predicted octanol–water partition coefficient (Wildman–Crippen LogP) is 3.08. The van der Waals surface area contributed by atoms with Crippen LogP contribution in [0.1, 0.15) is 55.6 Å². The SMILES string of the molecule is COCc1cc2c(Nc3cc([C@@H]4CC[C@H](OC(=O)NC5(C)CC5)[C@H]4F)[nH]n3)nc(C#N)cn2n1. The van der Waals surface area contributed by atoms with E-state index in [1.54, 1.807) is 23.8 Å². The second-order valence-electron chi connectivity index (χ2n) is 9.08. The number of anilines is 2. The Bertz CT molecular complexity index is 1260. The van der Waals surface area contributed by atoms with Gasteiger partial charge >= 0.3 is 6.09 Å². The summed E-state index contributed by atoms with van der Waals surface area (Å²) in [4.78, 5) is 16.4. The number of carbonyl (C=O) groups is 1. The number of carbonyl (C=O) groups excluding carboxylic acids is 1. The van der Waals surface area contributed by atoms with Crippen molar-refractivity contribution in [3.05, 3.63) is 35.4 Å². The van der Waals surface area contributed by atoms with Crippen LogP contribution < -0.4 is 10.6 Å². The molecule has 3 N–H and O–H groups in total. The third-order valence-electron chi connectivity index (χ3n) is 6.32. The summed E-state index contributed by atoms with van der Waals surface area (Å²) in [6.45, 7) is 2.25. The number of alkyl carbamates (subject to hydrolysis) is 1. The summed E-state index contributed by atoms with van der Waals surface area (Å²) in [5, 5.41) is 26.7. The number of halogens is 1. The summed E-state index contributed by atoms with van der Waals surface area (Å²) in [6, 6.07) is 5.52. The highest BCUT2D eigenvalue weighted by Crippen LogP contribution is 2.39. The molecule has 12 heteroatoms. The van der Waals surface area contributed by atoms with Crippen molar-refractivity contribution in [3.63, 3.8) is 0 Å². The number of amides is 1. The minimum atomic E-state index is -1.34. The van der Waals surface area contributed by atoms with Crippen LogP contribution in [0.5, 0.6) is 0 Å². The van der Waals surface area contributed by atoms with Gasteiger partial charge in [0.2, 0.25) is 0 Å². The van der Waals surface area contributed by atoms with Crippen molar-refractivity contribution < 1.29 is 18.7 Å². The number of ether oxygens (including phenoxy) is 2. The summed E-state index contributed by atoms with van der Waals surface area (Å²) in [7, 11) is 1.57. The highest BCUT2D eigenvalue weighted by atomic mass is 19.1. The number of rotatable bonds is 7. The van der Waals surface area contributed by atoms with Gasteiger partial charge in [-0.2, -0.15) is 15.5 Å². The highest BCUT2D eigenvalue weighted by molar-refractivity contribution is 5.73. The smallest absolute Gasteiger partial charge is 0.407 e. The van der Waals surface area contributed by atoms with Crippen molar-refractivity contribution in [1.29, 1.82) is 5.26 Å². The molecule has 5 rings (SSSR count). The standard InChI is InChI=1S/C22H25FN8O3/c1-22(5-6-22)27-21(32)34-17-4-3-14(19(17)23)15-8-18(29-28-15)26-20-16-7-12(11-33-2)30-31(16)10-13(9-24)25-20/h7-8,10,14,17,19H,3-6,11H2,1-2H3,(H,27,32)(H2,25,26,28,29)/t14-,17-,19-/m0/s1. The monoisotopic (exact) mass is 468 g/mol. The minimum absolute atomic E-state index is 0.177. The van der Waals surface area contributed by atoms with E-state index in [0.29, 0.717) is 48.0 Å². The van der Waals surface area contributed by atoms with E-state index >= 15 is 4.39 Å². The number of aromatic amines is 1. The van der Waals surface area contributed by atoms with Gasteiger partial charge in [0.15, 0.2) is 17.3 Å². The molecule has 3 atom stereocenters. The molecule has 1 amide bonds. The first-order valence-corrected chi connectivity index (χ1v) is 11.1. The maximum absolute atomic E-state index is 15.1. The molecular formula is C22H25FN8O3. The van der Waals surface area contributed by atoms with Crippen LogP contribution in [0.4, 0.5) is 20.8 Å². The zero-order chi connectivity index (χ0) is 23.9. The van der Waals surface area contributed by atoms with Crippen molar-refractivity contribution in [3.8, 4) is 6.07 Å². The Balaban J connectivity index is 1.29. The maximum atomic E-state index is 15.1. The van der Waals surface area contributed by atoms with Gasteiger partial charge in [-0.3, -0.25) is 5.10 Å². The molecule has 34 heavy (non-hydrogen) atoms. The largest absolute Gasteiger partial charge is 0.443 e. The summed E-state index contributed by atoms with van der Waals surface area (Å²) in [5.74, 6) is 0.339. The molecule has 3 aromatic heterocycles. The topological polar surface area (TPSA) is 142 Å². The summed E-state index contributed by atoms with van der Waals surface area (Å²) < 4.78 is 27.2. The number of H-pyrrole nitrogens is 1. The number of fused-ring (bicyclic) bond motifs is 1. The lowest BCUT2D eigenvalue weighted by Crippen LogP contribution is -2.38. The first kappa shape index (κ1) is 22.1. The first-order valence-electron chi connectivity index (χ1n) is 11.1. The van der Waals surface area contributed by atoms with E-state index < -0.39 is 24.3 Å². The quantitative estimate of drug-likeness (QED) is 0.480. The average molecular weight is 468 g/mol. The Morgan fingerprint density at radius 1 is 1.41 bits per heavy atom. The lowest BCUT2D eigenvalue weighted by molar-refractivity contribution is 0.0546. The molecule has 2 saturated carbocycles. The van der Waals surface area contributed by atoms with E-state index in [4.69, 9.17) is 9.47 Å². The Morgan fingerprint density at radius 2 is 2.24 bits per heavy atom. The van der Waals surface area contributed by atoms with Crippen molar-refractivity contribution in [2.75, 3.05) is 12.4 Å². The van der Waals surface area contributed by atoms with Crippen LogP contribution in [0.2, 0.25) is 0 Å². The Kier molecular flexibility index (Phi) is 5.57. The second kappa shape index (κ2) is 8.57. The van der Waals surface area contributed by atoms with Gasteiger partial charge in [-0.15, -0.1) is 0 Å². The zero-order valence-electron chi connectivity index (χ0n) is 18.8. The number of alkyl halides is 1. The molecule has 0 unspecified atom stereocenters. The van der Waals surface area contributed by atoms with E-state index in [0.717, 1.165) is 12.8 Å². The molecule has 2 aliphatic carbocycles. The third kappa shape index (κ3) is 4.38. The molecule has 3 heterocycles. The van der Waals surface area contributed by atoms with Gasteiger partial charge in [0, 0.05) is 30.3 Å². The molecule has 0 spiro atoms. The van der Waals surface area contributed by atoms with Crippen molar-refractivity contribution in [1.82, 2.24) is 30.1 Å². The van der Waals surface area contributed by atoms with Gasteiger partial charge in [-0.1, -0.05) is 0 Å². The van der Waals surface area contributed by atoms with Crippen LogP contribution in [0.25, 0.3) is 5.52 Å². The Hall–Kier alpha value is -3.72. The van der Waals surface area contributed by atoms with Crippen LogP contribution in [0.3, 0.4) is 0 Å². The van der Waals surface area contributed by atoms with Gasteiger partial charge in [-0.05, 0) is 38.7 Å². The third-order valence-corrected chi connectivity index (χ3v) is 6.32. The Morgan fingerprint density at radius 3 is 2.97 bits per heavy atom. The molecule has 178 valence electrons. The van der Waals surface area contributed by atoms with E-state index in [9.17, 15) is 10.1 Å². The highest BCUT2D eigenvalue weighted by Gasteiger charge is 2.43. The zero-order valence-corrected chi connectivity index (χ0v) is 18.8. The van der Waals surface area contributed by atoms with E-state index in [1.165, 1.54) is 6.20 Å². The molecule has 0 radical (unpaired) electrons. The summed E-state index contributed by atoms with van der Waals surface area (Å²) in [6.07, 6.45) is 1.59. The van der Waals surface area contributed by atoms with Crippen LogP contribution in [-0.4, -0.2) is 55.8 Å². The maximum Gasteiger partial charge on any atom is 0.407 e. The Labute approximate surface area is 194 Å². The number of hydrogen-bond donors (Lipinski definition) is 3.